The quantitative estimate of drug-likeness (QED) is 0.660. The third kappa shape index (κ3) is 5.79. The van der Waals surface area contributed by atoms with Gasteiger partial charge in [0.2, 0.25) is 0 Å². The van der Waals surface area contributed by atoms with Crippen molar-refractivity contribution in [1.29, 1.82) is 0 Å². The summed E-state index contributed by atoms with van der Waals surface area (Å²) in [5, 5.41) is 2.98. The van der Waals surface area contributed by atoms with Crippen LogP contribution in [0.15, 0.2) is 22.7 Å². The highest BCUT2D eigenvalue weighted by Crippen LogP contribution is 2.19. The van der Waals surface area contributed by atoms with E-state index in [0.717, 1.165) is 34.1 Å². The molecular weight excluding hydrogens is 419 g/mol. The smallest absolute Gasteiger partial charge is 0.252 e. The molecule has 0 aliphatic carbocycles. The maximum Gasteiger partial charge on any atom is 0.252 e. The zero-order valence-electron chi connectivity index (χ0n) is 11.4. The first-order valence-corrected chi connectivity index (χ1v) is 8.41. The van der Waals surface area contributed by atoms with Crippen LogP contribution >= 0.6 is 38.5 Å². The van der Waals surface area contributed by atoms with Crippen LogP contribution in [0.25, 0.3) is 0 Å². The predicted octanol–water partition coefficient (Wildman–Crippen LogP) is 3.52. The number of halogens is 2. The number of carbonyl (C=O) groups is 1. The van der Waals surface area contributed by atoms with Crippen LogP contribution in [0.3, 0.4) is 0 Å². The fourth-order valence-electron chi connectivity index (χ4n) is 1.84. The van der Waals surface area contributed by atoms with Gasteiger partial charge in [0.05, 0.1) is 5.56 Å². The Kier molecular flexibility index (Phi) is 7.94. The first-order chi connectivity index (χ1) is 9.08. The highest BCUT2D eigenvalue weighted by atomic mass is 127. The molecule has 5 heteroatoms. The normalized spacial score (nSPS) is 10.8. The summed E-state index contributed by atoms with van der Waals surface area (Å²) in [7, 11) is 0. The van der Waals surface area contributed by atoms with Crippen molar-refractivity contribution in [2.75, 3.05) is 26.2 Å². The molecule has 0 aliphatic heterocycles. The minimum Gasteiger partial charge on any atom is -0.351 e. The van der Waals surface area contributed by atoms with Gasteiger partial charge in [-0.25, -0.2) is 0 Å². The Morgan fingerprint density at radius 2 is 2.11 bits per heavy atom. The van der Waals surface area contributed by atoms with Crippen molar-refractivity contribution in [3.05, 3.63) is 31.8 Å². The molecule has 0 spiro atoms. The summed E-state index contributed by atoms with van der Waals surface area (Å²) in [6.45, 7) is 8.01. The number of rotatable bonds is 7. The lowest BCUT2D eigenvalue weighted by Gasteiger charge is -2.19. The summed E-state index contributed by atoms with van der Waals surface area (Å²) >= 11 is 5.63. The standard InChI is InChI=1S/C14H20BrIN2O/c1-3-8-18(4-2)9-7-17-14(19)12-10-11(16)5-6-13(12)15/h5-6,10H,3-4,7-9H2,1-2H3,(H,17,19). The molecule has 0 radical (unpaired) electrons. The lowest BCUT2D eigenvalue weighted by atomic mass is 10.2. The Morgan fingerprint density at radius 1 is 1.37 bits per heavy atom. The Balaban J connectivity index is 2.49. The van der Waals surface area contributed by atoms with Crippen molar-refractivity contribution < 1.29 is 4.79 Å². The van der Waals surface area contributed by atoms with E-state index >= 15 is 0 Å². The summed E-state index contributed by atoms with van der Waals surface area (Å²) in [6.07, 6.45) is 1.14. The third-order valence-electron chi connectivity index (χ3n) is 2.87. The SMILES string of the molecule is CCCN(CC)CCNC(=O)c1cc(I)ccc1Br. The summed E-state index contributed by atoms with van der Waals surface area (Å²) in [6, 6.07) is 5.78. The van der Waals surface area contributed by atoms with Crippen LogP contribution < -0.4 is 5.32 Å². The van der Waals surface area contributed by atoms with Gasteiger partial charge in [-0.05, 0) is 76.2 Å². The Hall–Kier alpha value is -0.140. The van der Waals surface area contributed by atoms with Crippen LogP contribution in [0.2, 0.25) is 0 Å². The average molecular weight is 439 g/mol. The van der Waals surface area contributed by atoms with Gasteiger partial charge in [0.15, 0.2) is 0 Å². The Bertz CT molecular complexity index is 426. The average Bonchev–Trinajstić information content (AvgIpc) is 2.40. The molecule has 0 saturated heterocycles. The summed E-state index contributed by atoms with van der Waals surface area (Å²) in [5.41, 5.74) is 0.699. The van der Waals surface area contributed by atoms with E-state index in [2.05, 4.69) is 62.6 Å². The van der Waals surface area contributed by atoms with E-state index in [0.29, 0.717) is 12.1 Å². The van der Waals surface area contributed by atoms with Crippen molar-refractivity contribution in [2.45, 2.75) is 20.3 Å². The number of benzene rings is 1. The Morgan fingerprint density at radius 3 is 2.74 bits per heavy atom. The van der Waals surface area contributed by atoms with Gasteiger partial charge in [0.1, 0.15) is 0 Å². The molecule has 0 unspecified atom stereocenters. The van der Waals surface area contributed by atoms with E-state index in [1.54, 1.807) is 0 Å². The second-order valence-electron chi connectivity index (χ2n) is 4.31. The molecule has 1 aromatic rings. The number of nitrogens with zero attached hydrogens (tertiary/aromatic N) is 1. The van der Waals surface area contributed by atoms with Gasteiger partial charge in [0, 0.05) is 21.1 Å². The van der Waals surface area contributed by atoms with Crippen molar-refractivity contribution in [1.82, 2.24) is 10.2 Å². The summed E-state index contributed by atoms with van der Waals surface area (Å²) < 4.78 is 1.90. The molecule has 1 N–H and O–H groups in total. The van der Waals surface area contributed by atoms with Gasteiger partial charge in [-0.1, -0.05) is 13.8 Å². The fraction of sp³-hybridized carbons (Fsp3) is 0.500. The number of likely N-dealkylation sites (N-methyl/N-ethyl adjacent to an activating group) is 1. The summed E-state index contributed by atoms with van der Waals surface area (Å²) in [4.78, 5) is 14.4. The monoisotopic (exact) mass is 438 g/mol. The largest absolute Gasteiger partial charge is 0.351 e. The molecule has 0 aliphatic rings. The maximum atomic E-state index is 12.1. The van der Waals surface area contributed by atoms with E-state index in [9.17, 15) is 4.79 Å². The molecular formula is C14H20BrIN2O. The molecule has 1 rings (SSSR count). The molecule has 0 bridgehead atoms. The van der Waals surface area contributed by atoms with Crippen LogP contribution in [0.1, 0.15) is 30.6 Å². The highest BCUT2D eigenvalue weighted by Gasteiger charge is 2.10. The molecule has 106 valence electrons. The van der Waals surface area contributed by atoms with Crippen molar-refractivity contribution >= 4 is 44.4 Å². The van der Waals surface area contributed by atoms with E-state index < -0.39 is 0 Å². The molecule has 1 aromatic carbocycles. The highest BCUT2D eigenvalue weighted by molar-refractivity contribution is 14.1. The van der Waals surface area contributed by atoms with Crippen molar-refractivity contribution in [3.8, 4) is 0 Å². The molecule has 3 nitrogen and oxygen atoms in total. The fourth-order valence-corrected chi connectivity index (χ4v) is 2.76. The predicted molar refractivity (Wildman–Crippen MR) is 91.6 cm³/mol. The van der Waals surface area contributed by atoms with Crippen LogP contribution in [-0.2, 0) is 0 Å². The number of carbonyl (C=O) groups excluding carboxylic acids is 1. The molecule has 0 aromatic heterocycles. The third-order valence-corrected chi connectivity index (χ3v) is 4.24. The molecule has 0 heterocycles. The van der Waals surface area contributed by atoms with Gasteiger partial charge >= 0.3 is 0 Å². The molecule has 0 saturated carbocycles. The second kappa shape index (κ2) is 8.92. The lowest BCUT2D eigenvalue weighted by Crippen LogP contribution is -2.35. The van der Waals surface area contributed by atoms with Crippen molar-refractivity contribution in [3.63, 3.8) is 0 Å². The van der Waals surface area contributed by atoms with E-state index in [4.69, 9.17) is 0 Å². The lowest BCUT2D eigenvalue weighted by molar-refractivity contribution is 0.0948. The Labute approximate surface area is 137 Å². The van der Waals surface area contributed by atoms with Crippen LogP contribution in [0.5, 0.6) is 0 Å². The first kappa shape index (κ1) is 16.9. The van der Waals surface area contributed by atoms with E-state index in [-0.39, 0.29) is 5.91 Å². The first-order valence-electron chi connectivity index (χ1n) is 6.54. The zero-order chi connectivity index (χ0) is 14.3. The van der Waals surface area contributed by atoms with Crippen LogP contribution in [-0.4, -0.2) is 37.0 Å². The second-order valence-corrected chi connectivity index (χ2v) is 6.41. The van der Waals surface area contributed by atoms with Gasteiger partial charge in [0.25, 0.3) is 5.91 Å². The van der Waals surface area contributed by atoms with Gasteiger partial charge < -0.3 is 10.2 Å². The topological polar surface area (TPSA) is 32.3 Å². The molecule has 1 amide bonds. The number of nitrogens with one attached hydrogen (secondary N) is 1. The van der Waals surface area contributed by atoms with Crippen molar-refractivity contribution in [2.24, 2.45) is 0 Å². The number of hydrogen-bond donors (Lipinski definition) is 1. The van der Waals surface area contributed by atoms with Crippen LogP contribution in [0, 0.1) is 3.57 Å². The van der Waals surface area contributed by atoms with Gasteiger partial charge in [-0.2, -0.15) is 0 Å². The van der Waals surface area contributed by atoms with E-state index in [1.165, 1.54) is 0 Å². The number of amides is 1. The minimum absolute atomic E-state index is 0.0158. The maximum absolute atomic E-state index is 12.1. The molecule has 0 atom stereocenters. The molecule has 0 fully saturated rings. The van der Waals surface area contributed by atoms with Gasteiger partial charge in [-0.15, -0.1) is 0 Å². The minimum atomic E-state index is -0.0158. The number of hydrogen-bond acceptors (Lipinski definition) is 2. The van der Waals surface area contributed by atoms with E-state index in [1.807, 2.05) is 18.2 Å². The van der Waals surface area contributed by atoms with Crippen LogP contribution in [0.4, 0.5) is 0 Å². The zero-order valence-corrected chi connectivity index (χ0v) is 15.1. The van der Waals surface area contributed by atoms with Gasteiger partial charge in [-0.3, -0.25) is 4.79 Å². The molecule has 19 heavy (non-hydrogen) atoms. The summed E-state index contributed by atoms with van der Waals surface area (Å²) in [5.74, 6) is -0.0158.